The van der Waals surface area contributed by atoms with Gasteiger partial charge in [0.15, 0.2) is 0 Å². The van der Waals surface area contributed by atoms with E-state index >= 15 is 0 Å². The molecule has 4 nitrogen and oxygen atoms in total. The van der Waals surface area contributed by atoms with Crippen LogP contribution in [0.4, 0.5) is 0 Å². The molecule has 0 aliphatic rings. The highest BCUT2D eigenvalue weighted by Gasteiger charge is 2.17. The van der Waals surface area contributed by atoms with Gasteiger partial charge in [0.2, 0.25) is 0 Å². The minimum absolute atomic E-state index is 0.188. The van der Waals surface area contributed by atoms with E-state index in [1.807, 2.05) is 6.92 Å². The average molecular weight is 181 g/mol. The van der Waals surface area contributed by atoms with Crippen LogP contribution in [0.25, 0.3) is 0 Å². The summed E-state index contributed by atoms with van der Waals surface area (Å²) in [4.78, 5) is 17.0. The maximum absolute atomic E-state index is 10.4. The van der Waals surface area contributed by atoms with Crippen LogP contribution in [-0.4, -0.2) is 22.0 Å². The zero-order chi connectivity index (χ0) is 8.91. The topological polar surface area (TPSA) is 83.6 Å². The Bertz CT molecular complexity index is 145. The normalized spacial score (nSPS) is 14.9. The van der Waals surface area contributed by atoms with E-state index in [0.29, 0.717) is 6.42 Å². The fourth-order valence-corrected chi connectivity index (χ4v) is 1.66. The first-order valence-corrected chi connectivity index (χ1v) is 5.55. The Morgan fingerprint density at radius 3 is 2.45 bits per heavy atom. The largest absolute Gasteiger partial charge is 0.327 e. The van der Waals surface area contributed by atoms with Crippen molar-refractivity contribution in [2.24, 2.45) is 5.73 Å². The summed E-state index contributed by atoms with van der Waals surface area (Å²) in [5.74, 6) is 0. The van der Waals surface area contributed by atoms with Gasteiger partial charge < -0.3 is 15.5 Å². The molecule has 0 spiro atoms. The third kappa shape index (κ3) is 8.01. The summed E-state index contributed by atoms with van der Waals surface area (Å²) in [6.45, 7) is 2.02. The van der Waals surface area contributed by atoms with Crippen molar-refractivity contribution in [3.05, 3.63) is 0 Å². The van der Waals surface area contributed by atoms with Gasteiger partial charge in [-0.15, -0.1) is 0 Å². The molecule has 1 atom stereocenters. The Labute approximate surface area is 67.0 Å². The van der Waals surface area contributed by atoms with Crippen molar-refractivity contribution in [2.45, 2.75) is 32.2 Å². The molecule has 0 saturated carbocycles. The van der Waals surface area contributed by atoms with Gasteiger partial charge in [-0.3, -0.25) is 4.57 Å². The van der Waals surface area contributed by atoms with Gasteiger partial charge in [0.05, 0.1) is 6.16 Å². The number of unbranched alkanes of at least 4 members (excludes halogenated alkanes) is 1. The van der Waals surface area contributed by atoms with Crippen LogP contribution in [-0.2, 0) is 4.57 Å². The predicted molar refractivity (Wildman–Crippen MR) is 44.4 cm³/mol. The number of hydrogen-bond acceptors (Lipinski definition) is 2. The van der Waals surface area contributed by atoms with E-state index in [1.165, 1.54) is 0 Å². The van der Waals surface area contributed by atoms with Crippen LogP contribution in [0.1, 0.15) is 26.2 Å². The third-order valence-electron chi connectivity index (χ3n) is 1.40. The second kappa shape index (κ2) is 4.88. The molecule has 0 radical (unpaired) electrons. The molecular weight excluding hydrogens is 165 g/mol. The van der Waals surface area contributed by atoms with E-state index in [0.717, 1.165) is 12.8 Å². The summed E-state index contributed by atoms with van der Waals surface area (Å²) >= 11 is 0. The van der Waals surface area contributed by atoms with Gasteiger partial charge in [0, 0.05) is 6.04 Å². The first-order chi connectivity index (χ1) is 4.95. The van der Waals surface area contributed by atoms with Crippen LogP contribution in [0.15, 0.2) is 0 Å². The van der Waals surface area contributed by atoms with E-state index in [9.17, 15) is 4.57 Å². The molecule has 0 aromatic rings. The number of nitrogens with two attached hydrogens (primary N) is 1. The van der Waals surface area contributed by atoms with E-state index in [4.69, 9.17) is 15.5 Å². The quantitative estimate of drug-likeness (QED) is 0.544. The highest BCUT2D eigenvalue weighted by atomic mass is 31.2. The first-order valence-electron chi connectivity index (χ1n) is 3.76. The molecule has 0 saturated heterocycles. The Hall–Kier alpha value is 0.110. The highest BCUT2D eigenvalue weighted by Crippen LogP contribution is 2.35. The van der Waals surface area contributed by atoms with Crippen LogP contribution in [0.5, 0.6) is 0 Å². The molecule has 5 heteroatoms. The molecular formula is C6H16NO3P. The molecule has 0 aliphatic carbocycles. The smallest absolute Gasteiger partial charge is 0.327 e. The van der Waals surface area contributed by atoms with Gasteiger partial charge in [-0.05, 0) is 6.42 Å². The fraction of sp³-hybridized carbons (Fsp3) is 1.00. The Morgan fingerprint density at radius 2 is 2.09 bits per heavy atom. The summed E-state index contributed by atoms with van der Waals surface area (Å²) in [6.07, 6.45) is 2.45. The Morgan fingerprint density at radius 1 is 1.55 bits per heavy atom. The predicted octanol–water partition coefficient (Wildman–Crippen LogP) is 0.682. The Kier molecular flexibility index (Phi) is 4.93. The van der Waals surface area contributed by atoms with E-state index in [1.54, 1.807) is 0 Å². The van der Waals surface area contributed by atoms with Gasteiger partial charge in [0.1, 0.15) is 0 Å². The summed E-state index contributed by atoms with van der Waals surface area (Å²) in [6, 6.07) is -0.351. The SMILES string of the molecule is CCCCC(N)CP(=O)(O)O. The number of hydrogen-bond donors (Lipinski definition) is 3. The molecule has 0 heterocycles. The van der Waals surface area contributed by atoms with Crippen LogP contribution in [0, 0.1) is 0 Å². The van der Waals surface area contributed by atoms with Crippen molar-refractivity contribution in [3.8, 4) is 0 Å². The molecule has 68 valence electrons. The maximum atomic E-state index is 10.4. The van der Waals surface area contributed by atoms with Crippen LogP contribution < -0.4 is 5.73 Å². The van der Waals surface area contributed by atoms with Crippen molar-refractivity contribution in [2.75, 3.05) is 6.16 Å². The monoisotopic (exact) mass is 181 g/mol. The summed E-state index contributed by atoms with van der Waals surface area (Å²) in [5, 5.41) is 0. The van der Waals surface area contributed by atoms with E-state index in [-0.39, 0.29) is 12.2 Å². The zero-order valence-electron chi connectivity index (χ0n) is 6.73. The maximum Gasteiger partial charge on any atom is 0.327 e. The lowest BCUT2D eigenvalue weighted by Crippen LogP contribution is -2.24. The van der Waals surface area contributed by atoms with Crippen LogP contribution in [0.2, 0.25) is 0 Å². The molecule has 0 amide bonds. The standard InChI is InChI=1S/C6H16NO3P/c1-2-3-4-6(7)5-11(8,9)10/h6H,2-5,7H2,1H3,(H2,8,9,10). The van der Waals surface area contributed by atoms with Gasteiger partial charge >= 0.3 is 7.60 Å². The van der Waals surface area contributed by atoms with Crippen molar-refractivity contribution >= 4 is 7.60 Å². The molecule has 0 bridgehead atoms. The van der Waals surface area contributed by atoms with E-state index in [2.05, 4.69) is 0 Å². The minimum Gasteiger partial charge on any atom is -0.327 e. The Balaban J connectivity index is 3.52. The highest BCUT2D eigenvalue weighted by molar-refractivity contribution is 7.51. The summed E-state index contributed by atoms with van der Waals surface area (Å²) in [5.41, 5.74) is 5.45. The van der Waals surface area contributed by atoms with Gasteiger partial charge in [-0.25, -0.2) is 0 Å². The van der Waals surface area contributed by atoms with Crippen LogP contribution >= 0.6 is 7.60 Å². The minimum atomic E-state index is -3.89. The second-order valence-electron chi connectivity index (χ2n) is 2.75. The lowest BCUT2D eigenvalue weighted by molar-refractivity contribution is 0.367. The average Bonchev–Trinajstić information content (AvgIpc) is 1.79. The first kappa shape index (κ1) is 11.1. The molecule has 0 aliphatic heterocycles. The van der Waals surface area contributed by atoms with E-state index < -0.39 is 7.60 Å². The third-order valence-corrected chi connectivity index (χ3v) is 2.35. The molecule has 0 fully saturated rings. The van der Waals surface area contributed by atoms with Crippen molar-refractivity contribution in [3.63, 3.8) is 0 Å². The molecule has 0 aromatic heterocycles. The lowest BCUT2D eigenvalue weighted by atomic mass is 10.2. The van der Waals surface area contributed by atoms with Gasteiger partial charge in [-0.1, -0.05) is 19.8 Å². The zero-order valence-corrected chi connectivity index (χ0v) is 7.63. The summed E-state index contributed by atoms with van der Waals surface area (Å²) in [7, 11) is -3.89. The van der Waals surface area contributed by atoms with Gasteiger partial charge in [0.25, 0.3) is 0 Å². The molecule has 1 unspecified atom stereocenters. The van der Waals surface area contributed by atoms with Crippen molar-refractivity contribution in [1.82, 2.24) is 0 Å². The molecule has 0 rings (SSSR count). The fourth-order valence-electron chi connectivity index (χ4n) is 0.863. The molecule has 0 aromatic carbocycles. The van der Waals surface area contributed by atoms with Gasteiger partial charge in [-0.2, -0.15) is 0 Å². The van der Waals surface area contributed by atoms with Crippen molar-refractivity contribution in [1.29, 1.82) is 0 Å². The molecule has 11 heavy (non-hydrogen) atoms. The number of rotatable bonds is 5. The van der Waals surface area contributed by atoms with Crippen LogP contribution in [0.3, 0.4) is 0 Å². The molecule has 4 N–H and O–H groups in total. The van der Waals surface area contributed by atoms with Crippen molar-refractivity contribution < 1.29 is 14.4 Å². The lowest BCUT2D eigenvalue weighted by Gasteiger charge is -2.11. The second-order valence-corrected chi connectivity index (χ2v) is 4.44. The summed E-state index contributed by atoms with van der Waals surface area (Å²) < 4.78 is 10.4.